The van der Waals surface area contributed by atoms with E-state index in [0.29, 0.717) is 5.56 Å². The molecule has 1 unspecified atom stereocenters. The number of esters is 1. The molecular formula is C10H12O4. The summed E-state index contributed by atoms with van der Waals surface area (Å²) in [5, 5.41) is 18.6. The third-order valence-electron chi connectivity index (χ3n) is 1.79. The number of carbonyl (C=O) groups is 1. The van der Waals surface area contributed by atoms with Crippen LogP contribution in [0.15, 0.2) is 18.2 Å². The van der Waals surface area contributed by atoms with Crippen LogP contribution in [0.5, 0.6) is 11.5 Å². The summed E-state index contributed by atoms with van der Waals surface area (Å²) in [7, 11) is 0. The van der Waals surface area contributed by atoms with Crippen molar-refractivity contribution in [1.82, 2.24) is 0 Å². The summed E-state index contributed by atoms with van der Waals surface area (Å²) in [6, 6.07) is 4.08. The summed E-state index contributed by atoms with van der Waals surface area (Å²) in [6.07, 6.45) is -0.570. The fourth-order valence-corrected chi connectivity index (χ4v) is 1.18. The van der Waals surface area contributed by atoms with Crippen molar-refractivity contribution in [3.63, 3.8) is 0 Å². The van der Waals surface area contributed by atoms with E-state index in [-0.39, 0.29) is 11.5 Å². The van der Waals surface area contributed by atoms with Crippen LogP contribution in [0.3, 0.4) is 0 Å². The van der Waals surface area contributed by atoms with Crippen LogP contribution in [-0.2, 0) is 9.53 Å². The molecule has 4 nitrogen and oxygen atoms in total. The lowest BCUT2D eigenvalue weighted by Gasteiger charge is -2.13. The molecule has 1 aromatic rings. The minimum Gasteiger partial charge on any atom is -0.508 e. The number of ether oxygens (including phenoxy) is 1. The van der Waals surface area contributed by atoms with Crippen molar-refractivity contribution < 1.29 is 19.7 Å². The van der Waals surface area contributed by atoms with Crippen LogP contribution >= 0.6 is 0 Å². The fourth-order valence-electron chi connectivity index (χ4n) is 1.18. The predicted octanol–water partition coefficient (Wildman–Crippen LogP) is 1.72. The molecule has 4 heteroatoms. The number of aromatic hydroxyl groups is 2. The van der Waals surface area contributed by atoms with Crippen LogP contribution in [0.4, 0.5) is 0 Å². The average molecular weight is 196 g/mol. The van der Waals surface area contributed by atoms with E-state index in [1.54, 1.807) is 6.92 Å². The molecule has 0 fully saturated rings. The second-order valence-corrected chi connectivity index (χ2v) is 2.99. The summed E-state index contributed by atoms with van der Waals surface area (Å²) in [5.41, 5.74) is 0.389. The molecule has 0 saturated carbocycles. The number of rotatable bonds is 2. The molecule has 0 saturated heterocycles. The zero-order valence-electron chi connectivity index (χ0n) is 8.02. The van der Waals surface area contributed by atoms with Crippen molar-refractivity contribution in [3.8, 4) is 11.5 Å². The van der Waals surface area contributed by atoms with Gasteiger partial charge in [0.15, 0.2) is 0 Å². The van der Waals surface area contributed by atoms with Crippen LogP contribution in [0.1, 0.15) is 25.5 Å². The Labute approximate surface area is 81.8 Å². The van der Waals surface area contributed by atoms with Crippen LogP contribution in [0.2, 0.25) is 0 Å². The third kappa shape index (κ3) is 2.39. The van der Waals surface area contributed by atoms with Gasteiger partial charge in [-0.05, 0) is 25.1 Å². The Kier molecular flexibility index (Phi) is 2.96. The molecule has 0 aliphatic carbocycles. The summed E-state index contributed by atoms with van der Waals surface area (Å²) < 4.78 is 4.86. The minimum atomic E-state index is -0.570. The summed E-state index contributed by atoms with van der Waals surface area (Å²) in [5.74, 6) is -0.409. The van der Waals surface area contributed by atoms with Gasteiger partial charge < -0.3 is 14.9 Å². The molecule has 1 aromatic carbocycles. The lowest BCUT2D eigenvalue weighted by molar-refractivity contribution is -0.145. The molecule has 1 atom stereocenters. The Balaban J connectivity index is 2.93. The van der Waals surface area contributed by atoms with Crippen LogP contribution in [0, 0.1) is 0 Å². The summed E-state index contributed by atoms with van der Waals surface area (Å²) in [4.78, 5) is 10.7. The van der Waals surface area contributed by atoms with Crippen molar-refractivity contribution in [1.29, 1.82) is 0 Å². The van der Waals surface area contributed by atoms with Crippen LogP contribution in [-0.4, -0.2) is 16.2 Å². The first-order chi connectivity index (χ1) is 6.50. The molecule has 1 rings (SSSR count). The van der Waals surface area contributed by atoms with Gasteiger partial charge in [-0.3, -0.25) is 4.79 Å². The Morgan fingerprint density at radius 2 is 2.07 bits per heavy atom. The largest absolute Gasteiger partial charge is 0.508 e. The van der Waals surface area contributed by atoms with Crippen LogP contribution < -0.4 is 0 Å². The van der Waals surface area contributed by atoms with E-state index in [2.05, 4.69) is 0 Å². The lowest BCUT2D eigenvalue weighted by atomic mass is 10.1. The second-order valence-electron chi connectivity index (χ2n) is 2.99. The smallest absolute Gasteiger partial charge is 0.303 e. The molecule has 0 aliphatic heterocycles. The molecule has 14 heavy (non-hydrogen) atoms. The van der Waals surface area contributed by atoms with E-state index in [1.165, 1.54) is 25.1 Å². The first-order valence-electron chi connectivity index (χ1n) is 4.20. The van der Waals surface area contributed by atoms with Gasteiger partial charge in [-0.2, -0.15) is 0 Å². The standard InChI is InChI=1S/C10H12O4/c1-6(14-7(2)11)9-5-8(12)3-4-10(9)13/h3-6,12-13H,1-2H3. The molecule has 0 aromatic heterocycles. The van der Waals surface area contributed by atoms with Crippen molar-refractivity contribution in [2.45, 2.75) is 20.0 Å². The highest BCUT2D eigenvalue weighted by Gasteiger charge is 2.13. The van der Waals surface area contributed by atoms with E-state index in [0.717, 1.165) is 0 Å². The highest BCUT2D eigenvalue weighted by molar-refractivity contribution is 5.66. The fraction of sp³-hybridized carbons (Fsp3) is 0.300. The minimum absolute atomic E-state index is 0.00319. The first-order valence-corrected chi connectivity index (χ1v) is 4.20. The van der Waals surface area contributed by atoms with Gasteiger partial charge in [-0.15, -0.1) is 0 Å². The van der Waals surface area contributed by atoms with E-state index < -0.39 is 12.1 Å². The van der Waals surface area contributed by atoms with Gasteiger partial charge >= 0.3 is 5.97 Å². The van der Waals surface area contributed by atoms with Crippen molar-refractivity contribution >= 4 is 5.97 Å². The van der Waals surface area contributed by atoms with Gasteiger partial charge in [0.1, 0.15) is 17.6 Å². The van der Waals surface area contributed by atoms with E-state index >= 15 is 0 Å². The highest BCUT2D eigenvalue weighted by Crippen LogP contribution is 2.29. The number of benzene rings is 1. The van der Waals surface area contributed by atoms with Crippen LogP contribution in [0.25, 0.3) is 0 Å². The molecule has 0 bridgehead atoms. The molecule has 0 radical (unpaired) electrons. The first kappa shape index (κ1) is 10.4. The molecule has 0 amide bonds. The Morgan fingerprint density at radius 3 is 2.64 bits per heavy atom. The zero-order chi connectivity index (χ0) is 10.7. The number of hydrogen-bond acceptors (Lipinski definition) is 4. The predicted molar refractivity (Wildman–Crippen MR) is 50.0 cm³/mol. The Morgan fingerprint density at radius 1 is 1.43 bits per heavy atom. The molecule has 0 spiro atoms. The lowest BCUT2D eigenvalue weighted by Crippen LogP contribution is -2.04. The number of phenolic OH excluding ortho intramolecular Hbond substituents is 2. The van der Waals surface area contributed by atoms with Gasteiger partial charge in [0.2, 0.25) is 0 Å². The van der Waals surface area contributed by atoms with E-state index in [9.17, 15) is 9.90 Å². The molecular weight excluding hydrogens is 184 g/mol. The zero-order valence-corrected chi connectivity index (χ0v) is 8.02. The monoisotopic (exact) mass is 196 g/mol. The number of carbonyl (C=O) groups excluding carboxylic acids is 1. The third-order valence-corrected chi connectivity index (χ3v) is 1.79. The maximum absolute atomic E-state index is 10.7. The van der Waals surface area contributed by atoms with Gasteiger partial charge in [0, 0.05) is 12.5 Å². The summed E-state index contributed by atoms with van der Waals surface area (Å²) in [6.45, 7) is 2.91. The topological polar surface area (TPSA) is 66.8 Å². The van der Waals surface area contributed by atoms with Crippen molar-refractivity contribution in [2.75, 3.05) is 0 Å². The molecule has 0 heterocycles. The maximum Gasteiger partial charge on any atom is 0.303 e. The van der Waals surface area contributed by atoms with Gasteiger partial charge in [-0.1, -0.05) is 0 Å². The average Bonchev–Trinajstić information content (AvgIpc) is 2.08. The highest BCUT2D eigenvalue weighted by atomic mass is 16.5. The molecule has 0 aliphatic rings. The van der Waals surface area contributed by atoms with Gasteiger partial charge in [0.05, 0.1) is 0 Å². The van der Waals surface area contributed by atoms with Crippen molar-refractivity contribution in [2.24, 2.45) is 0 Å². The summed E-state index contributed by atoms with van der Waals surface area (Å²) >= 11 is 0. The Hall–Kier alpha value is -1.71. The Bertz CT molecular complexity index is 346. The second kappa shape index (κ2) is 4.00. The molecule has 2 N–H and O–H groups in total. The van der Waals surface area contributed by atoms with Crippen molar-refractivity contribution in [3.05, 3.63) is 23.8 Å². The van der Waals surface area contributed by atoms with E-state index in [4.69, 9.17) is 9.84 Å². The van der Waals surface area contributed by atoms with E-state index in [1.807, 2.05) is 0 Å². The van der Waals surface area contributed by atoms with Gasteiger partial charge in [0.25, 0.3) is 0 Å². The number of hydrogen-bond donors (Lipinski definition) is 2. The maximum atomic E-state index is 10.7. The quantitative estimate of drug-likeness (QED) is 0.558. The van der Waals surface area contributed by atoms with Gasteiger partial charge in [-0.25, -0.2) is 0 Å². The SMILES string of the molecule is CC(=O)OC(C)c1cc(O)ccc1O. The normalized spacial score (nSPS) is 12.1. The molecule has 76 valence electrons. The number of phenols is 2.